The van der Waals surface area contributed by atoms with E-state index < -0.39 is 0 Å². The molecule has 1 saturated carbocycles. The summed E-state index contributed by atoms with van der Waals surface area (Å²) in [6.07, 6.45) is 7.10. The van der Waals surface area contributed by atoms with Crippen LogP contribution in [0.2, 0.25) is 0 Å². The lowest BCUT2D eigenvalue weighted by Gasteiger charge is -2.38. The summed E-state index contributed by atoms with van der Waals surface area (Å²) < 4.78 is 13.8. The normalized spacial score (nSPS) is 16.7. The van der Waals surface area contributed by atoms with Crippen molar-refractivity contribution in [2.75, 3.05) is 34.5 Å². The highest BCUT2D eigenvalue weighted by Gasteiger charge is 2.35. The van der Waals surface area contributed by atoms with E-state index in [0.29, 0.717) is 6.10 Å². The van der Waals surface area contributed by atoms with Gasteiger partial charge >= 0.3 is 0 Å². The Balaban J connectivity index is 0. The van der Waals surface area contributed by atoms with Crippen molar-refractivity contribution >= 4 is 0 Å². The predicted octanol–water partition coefficient (Wildman–Crippen LogP) is 8.31. The van der Waals surface area contributed by atoms with Gasteiger partial charge in [-0.15, -0.1) is 0 Å². The van der Waals surface area contributed by atoms with E-state index >= 15 is 0 Å². The Kier molecular flexibility index (Phi) is 23.8. The average molecular weight is 461 g/mol. The highest BCUT2D eigenvalue weighted by Crippen LogP contribution is 2.44. The molecule has 3 nitrogen and oxygen atoms in total. The Bertz CT molecular complexity index is 561. The molecule has 2 aliphatic rings. The summed E-state index contributed by atoms with van der Waals surface area (Å²) >= 11 is 0. The van der Waals surface area contributed by atoms with Gasteiger partial charge in [-0.05, 0) is 24.0 Å². The van der Waals surface area contributed by atoms with Gasteiger partial charge in [0.25, 0.3) is 0 Å². The topological polar surface area (TPSA) is 31.0 Å². The van der Waals surface area contributed by atoms with Crippen LogP contribution in [0.3, 0.4) is 0 Å². The molecule has 0 bridgehead atoms. The van der Waals surface area contributed by atoms with Crippen molar-refractivity contribution in [2.45, 2.75) is 85.2 Å². The molecule has 2 fully saturated rings. The summed E-state index contributed by atoms with van der Waals surface area (Å²) in [5.41, 5.74) is 3.26. The number of ether oxygens (including phenoxy) is 3. The zero-order valence-electron chi connectivity index (χ0n) is 23.0. The Morgan fingerprint density at radius 2 is 1.06 bits per heavy atom. The first-order valence-corrected chi connectivity index (χ1v) is 12.9. The van der Waals surface area contributed by atoms with Gasteiger partial charge in [0.05, 0.1) is 13.2 Å². The molecule has 1 aliphatic carbocycles. The van der Waals surface area contributed by atoms with E-state index in [-0.39, 0.29) is 5.41 Å². The second-order valence-corrected chi connectivity index (χ2v) is 7.19. The third-order valence-electron chi connectivity index (χ3n) is 5.11. The van der Waals surface area contributed by atoms with Crippen LogP contribution in [-0.2, 0) is 19.6 Å². The van der Waals surface area contributed by atoms with Crippen molar-refractivity contribution in [3.63, 3.8) is 0 Å². The number of methoxy groups -OCH3 is 2. The molecule has 2 aromatic rings. The highest BCUT2D eigenvalue weighted by molar-refractivity contribution is 5.39. The Morgan fingerprint density at radius 3 is 1.33 bits per heavy atom. The van der Waals surface area contributed by atoms with Crippen LogP contribution in [-0.4, -0.2) is 40.6 Å². The number of hydrogen-bond acceptors (Lipinski definition) is 3. The maximum absolute atomic E-state index is 4.82. The maximum Gasteiger partial charge on any atom is 0.104 e. The van der Waals surface area contributed by atoms with Crippen molar-refractivity contribution in [1.82, 2.24) is 0 Å². The van der Waals surface area contributed by atoms with E-state index in [1.807, 2.05) is 41.5 Å². The molecule has 0 spiro atoms. The van der Waals surface area contributed by atoms with Crippen LogP contribution in [0.4, 0.5) is 0 Å². The van der Waals surface area contributed by atoms with Crippen LogP contribution in [0.25, 0.3) is 0 Å². The molecule has 0 radical (unpaired) electrons. The molecular weight excluding hydrogens is 408 g/mol. The first kappa shape index (κ1) is 33.5. The van der Waals surface area contributed by atoms with E-state index in [2.05, 4.69) is 65.4 Å². The molecule has 1 atom stereocenters. The quantitative estimate of drug-likeness (QED) is 0.430. The molecule has 0 aromatic heterocycles. The fraction of sp³-hybridized carbons (Fsp3) is 0.600. The molecule has 0 amide bonds. The Labute approximate surface area is 205 Å². The van der Waals surface area contributed by atoms with Gasteiger partial charge in [-0.25, -0.2) is 0 Å². The summed E-state index contributed by atoms with van der Waals surface area (Å²) in [4.78, 5) is 0. The zero-order valence-corrected chi connectivity index (χ0v) is 23.0. The number of benzene rings is 2. The number of epoxide rings is 1. The molecule has 190 valence electrons. The SMILES string of the molecule is CC.CC.CC.COC.COCC1CO1.c1ccc(C2(c3ccccc3)CCCCC2)cc1. The summed E-state index contributed by atoms with van der Waals surface area (Å²) in [5.74, 6) is 0. The van der Waals surface area contributed by atoms with Crippen LogP contribution < -0.4 is 0 Å². The largest absolute Gasteiger partial charge is 0.388 e. The van der Waals surface area contributed by atoms with Crippen LogP contribution in [0.5, 0.6) is 0 Å². The third kappa shape index (κ3) is 13.6. The maximum atomic E-state index is 4.82. The summed E-state index contributed by atoms with van der Waals surface area (Å²) in [5, 5.41) is 0. The van der Waals surface area contributed by atoms with Crippen LogP contribution in [0.15, 0.2) is 60.7 Å². The number of rotatable bonds is 4. The van der Waals surface area contributed by atoms with Crippen LogP contribution in [0.1, 0.15) is 84.8 Å². The molecule has 4 rings (SSSR count). The molecule has 0 N–H and O–H groups in total. The van der Waals surface area contributed by atoms with Gasteiger partial charge in [0.2, 0.25) is 0 Å². The van der Waals surface area contributed by atoms with Gasteiger partial charge in [-0.2, -0.15) is 0 Å². The monoisotopic (exact) mass is 460 g/mol. The second-order valence-electron chi connectivity index (χ2n) is 7.19. The van der Waals surface area contributed by atoms with Gasteiger partial charge in [0, 0.05) is 26.7 Å². The first-order chi connectivity index (χ1) is 16.3. The standard InChI is InChI=1S/C18H20.C4H8O2.C2H6O.3C2H6/c1-4-10-16(11-5-1)18(14-8-3-9-15-18)17-12-6-2-7-13-17;1-5-2-4-3-6-4;1-3-2;3*1-2/h1-2,4-7,10-13H,3,8-9,14-15H2;4H,2-3H2,1H3;1-2H3;3*1-2H3. The minimum Gasteiger partial charge on any atom is -0.388 e. The van der Waals surface area contributed by atoms with E-state index in [1.54, 1.807) is 21.3 Å². The lowest BCUT2D eigenvalue weighted by molar-refractivity contribution is 0.171. The highest BCUT2D eigenvalue weighted by atomic mass is 16.6. The molecule has 1 heterocycles. The molecule has 3 heteroatoms. The molecular formula is C30H52O3. The fourth-order valence-electron chi connectivity index (χ4n) is 3.76. The third-order valence-corrected chi connectivity index (χ3v) is 5.11. The average Bonchev–Trinajstić information content (AvgIpc) is 3.74. The van der Waals surface area contributed by atoms with E-state index in [0.717, 1.165) is 13.2 Å². The lowest BCUT2D eigenvalue weighted by Crippen LogP contribution is -2.30. The summed E-state index contributed by atoms with van der Waals surface area (Å²) in [6, 6.07) is 22.1. The van der Waals surface area contributed by atoms with Gasteiger partial charge < -0.3 is 14.2 Å². The molecule has 2 aromatic carbocycles. The van der Waals surface area contributed by atoms with Crippen LogP contribution in [0, 0.1) is 0 Å². The minimum atomic E-state index is 0.265. The second kappa shape index (κ2) is 23.5. The van der Waals surface area contributed by atoms with Crippen molar-refractivity contribution in [3.8, 4) is 0 Å². The van der Waals surface area contributed by atoms with E-state index in [4.69, 9.17) is 9.47 Å². The lowest BCUT2D eigenvalue weighted by atomic mass is 9.65. The van der Waals surface area contributed by atoms with Gasteiger partial charge in [0.1, 0.15) is 6.10 Å². The first-order valence-electron chi connectivity index (χ1n) is 12.9. The minimum absolute atomic E-state index is 0.265. The molecule has 1 aliphatic heterocycles. The Morgan fingerprint density at radius 1 is 0.697 bits per heavy atom. The van der Waals surface area contributed by atoms with Crippen molar-refractivity contribution in [2.24, 2.45) is 0 Å². The van der Waals surface area contributed by atoms with E-state index in [9.17, 15) is 0 Å². The van der Waals surface area contributed by atoms with Gasteiger partial charge in [-0.1, -0.05) is 121 Å². The Hall–Kier alpha value is -1.68. The zero-order chi connectivity index (χ0) is 25.4. The van der Waals surface area contributed by atoms with Gasteiger partial charge in [-0.3, -0.25) is 0 Å². The summed E-state index contributed by atoms with van der Waals surface area (Å²) in [7, 11) is 4.93. The fourth-order valence-corrected chi connectivity index (χ4v) is 3.76. The number of hydrogen-bond donors (Lipinski definition) is 0. The molecule has 1 unspecified atom stereocenters. The predicted molar refractivity (Wildman–Crippen MR) is 145 cm³/mol. The van der Waals surface area contributed by atoms with Crippen LogP contribution >= 0.6 is 0 Å². The van der Waals surface area contributed by atoms with Crippen molar-refractivity contribution in [3.05, 3.63) is 71.8 Å². The van der Waals surface area contributed by atoms with Crippen molar-refractivity contribution < 1.29 is 14.2 Å². The molecule has 1 saturated heterocycles. The summed E-state index contributed by atoms with van der Waals surface area (Å²) in [6.45, 7) is 13.7. The van der Waals surface area contributed by atoms with Crippen molar-refractivity contribution in [1.29, 1.82) is 0 Å². The van der Waals surface area contributed by atoms with Gasteiger partial charge in [0.15, 0.2) is 0 Å². The molecule has 33 heavy (non-hydrogen) atoms. The van der Waals surface area contributed by atoms with E-state index in [1.165, 1.54) is 43.2 Å². The smallest absolute Gasteiger partial charge is 0.104 e.